The van der Waals surface area contributed by atoms with E-state index in [0.29, 0.717) is 4.34 Å². The van der Waals surface area contributed by atoms with Crippen LogP contribution in [0, 0.1) is 0 Å². The first-order chi connectivity index (χ1) is 10.1. The third kappa shape index (κ3) is 3.22. The van der Waals surface area contributed by atoms with E-state index in [1.807, 2.05) is 36.4 Å². The number of hydrogen-bond donors (Lipinski definition) is 1. The van der Waals surface area contributed by atoms with E-state index in [2.05, 4.69) is 12.2 Å². The lowest BCUT2D eigenvalue weighted by atomic mass is 9.87. The molecule has 1 aromatic heterocycles. The lowest BCUT2D eigenvalue weighted by molar-refractivity contribution is -0.147. The van der Waals surface area contributed by atoms with Crippen LogP contribution in [-0.2, 0) is 16.1 Å². The molecule has 0 unspecified atom stereocenters. The first kappa shape index (κ1) is 14.4. The molecule has 2 atom stereocenters. The van der Waals surface area contributed by atoms with Gasteiger partial charge in [0.15, 0.2) is 0 Å². The Kier molecular flexibility index (Phi) is 4.17. The number of hydrogen-bond acceptors (Lipinski definition) is 4. The van der Waals surface area contributed by atoms with E-state index in [4.69, 9.17) is 16.3 Å². The van der Waals surface area contributed by atoms with Crippen LogP contribution in [0.2, 0.25) is 4.34 Å². The van der Waals surface area contributed by atoms with Gasteiger partial charge in [0.2, 0.25) is 0 Å². The van der Waals surface area contributed by atoms with Gasteiger partial charge in [0, 0.05) is 16.6 Å². The number of benzene rings is 1. The molecule has 0 fully saturated rings. The van der Waals surface area contributed by atoms with E-state index in [0.717, 1.165) is 22.5 Å². The Hall–Kier alpha value is -1.52. The molecule has 1 aliphatic rings. The van der Waals surface area contributed by atoms with Gasteiger partial charge in [-0.2, -0.15) is 0 Å². The minimum absolute atomic E-state index is 0.166. The van der Waals surface area contributed by atoms with Gasteiger partial charge in [0.25, 0.3) is 0 Å². The molecule has 0 aliphatic carbocycles. The quantitative estimate of drug-likeness (QED) is 0.850. The summed E-state index contributed by atoms with van der Waals surface area (Å²) in [4.78, 5) is 13.4. The van der Waals surface area contributed by atoms with Crippen molar-refractivity contribution >= 4 is 34.6 Å². The summed E-state index contributed by atoms with van der Waals surface area (Å²) in [5, 5.41) is 3.40. The standard InChI is InChI=1S/C16H16ClNO2S/c1-10-8-13(12-4-2-3-5-14(12)18-10)16(19)20-9-11-6-7-15(17)21-11/h2-7,10,13,18H,8-9H2,1H3/t10-,13+/m1/s1. The highest BCUT2D eigenvalue weighted by molar-refractivity contribution is 7.16. The SMILES string of the molecule is C[C@@H]1C[C@H](C(=O)OCc2ccc(Cl)s2)c2ccccc2N1. The fourth-order valence-electron chi connectivity index (χ4n) is 2.63. The highest BCUT2D eigenvalue weighted by atomic mass is 35.5. The average Bonchev–Trinajstić information content (AvgIpc) is 2.89. The lowest BCUT2D eigenvalue weighted by Crippen LogP contribution is -2.30. The predicted octanol–water partition coefficient (Wildman–Crippen LogP) is 4.43. The molecule has 2 heterocycles. The fourth-order valence-corrected chi connectivity index (χ4v) is 3.63. The normalized spacial score (nSPS) is 20.5. The van der Waals surface area contributed by atoms with Crippen LogP contribution in [0.3, 0.4) is 0 Å². The van der Waals surface area contributed by atoms with Gasteiger partial charge in [-0.1, -0.05) is 29.8 Å². The molecule has 1 N–H and O–H groups in total. The van der Waals surface area contributed by atoms with Crippen molar-refractivity contribution in [2.45, 2.75) is 31.9 Å². The van der Waals surface area contributed by atoms with Crippen molar-refractivity contribution < 1.29 is 9.53 Å². The number of rotatable bonds is 3. The zero-order valence-electron chi connectivity index (χ0n) is 11.6. The smallest absolute Gasteiger partial charge is 0.313 e. The second kappa shape index (κ2) is 6.08. The van der Waals surface area contributed by atoms with Crippen LogP contribution < -0.4 is 5.32 Å². The molecule has 0 radical (unpaired) electrons. The van der Waals surface area contributed by atoms with E-state index in [1.54, 1.807) is 0 Å². The molecule has 0 saturated heterocycles. The number of fused-ring (bicyclic) bond motifs is 1. The largest absolute Gasteiger partial charge is 0.459 e. The van der Waals surface area contributed by atoms with Crippen LogP contribution in [-0.4, -0.2) is 12.0 Å². The Morgan fingerprint density at radius 1 is 1.38 bits per heavy atom. The minimum Gasteiger partial charge on any atom is -0.459 e. The summed E-state index contributed by atoms with van der Waals surface area (Å²) in [5.74, 6) is -0.367. The van der Waals surface area contributed by atoms with Gasteiger partial charge < -0.3 is 10.1 Å². The van der Waals surface area contributed by atoms with Gasteiger partial charge in [-0.05, 0) is 37.1 Å². The molecular weight excluding hydrogens is 306 g/mol. The molecule has 1 aromatic carbocycles. The molecule has 5 heteroatoms. The van der Waals surface area contributed by atoms with Gasteiger partial charge in [0.1, 0.15) is 6.61 Å². The summed E-state index contributed by atoms with van der Waals surface area (Å²) < 4.78 is 6.18. The third-order valence-electron chi connectivity index (χ3n) is 3.60. The summed E-state index contributed by atoms with van der Waals surface area (Å²) >= 11 is 7.32. The molecule has 110 valence electrons. The molecule has 3 nitrogen and oxygen atoms in total. The number of nitrogens with one attached hydrogen (secondary N) is 1. The first-order valence-electron chi connectivity index (χ1n) is 6.90. The number of anilines is 1. The second-order valence-electron chi connectivity index (χ2n) is 5.23. The summed E-state index contributed by atoms with van der Waals surface area (Å²) in [6.07, 6.45) is 0.751. The number of carbonyl (C=O) groups excluding carboxylic acids is 1. The predicted molar refractivity (Wildman–Crippen MR) is 86.0 cm³/mol. The van der Waals surface area contributed by atoms with Crippen LogP contribution in [0.25, 0.3) is 0 Å². The van der Waals surface area contributed by atoms with Crippen LogP contribution >= 0.6 is 22.9 Å². The molecule has 0 amide bonds. The van der Waals surface area contributed by atoms with Crippen molar-refractivity contribution in [3.8, 4) is 0 Å². The topological polar surface area (TPSA) is 38.3 Å². The Morgan fingerprint density at radius 3 is 2.95 bits per heavy atom. The van der Waals surface area contributed by atoms with Gasteiger partial charge in [0.05, 0.1) is 10.3 Å². The molecule has 0 bridgehead atoms. The van der Waals surface area contributed by atoms with Crippen molar-refractivity contribution in [3.05, 3.63) is 51.2 Å². The minimum atomic E-state index is -0.201. The number of esters is 1. The van der Waals surface area contributed by atoms with Crippen molar-refractivity contribution in [3.63, 3.8) is 0 Å². The van der Waals surface area contributed by atoms with E-state index >= 15 is 0 Å². The summed E-state index contributed by atoms with van der Waals surface area (Å²) in [7, 11) is 0. The van der Waals surface area contributed by atoms with Gasteiger partial charge >= 0.3 is 5.97 Å². The molecule has 1 aliphatic heterocycles. The Labute approximate surface area is 132 Å². The number of para-hydroxylation sites is 1. The maximum Gasteiger partial charge on any atom is 0.313 e. The van der Waals surface area contributed by atoms with E-state index in [9.17, 15) is 4.79 Å². The second-order valence-corrected chi connectivity index (χ2v) is 7.03. The number of halogens is 1. The molecule has 3 rings (SSSR count). The summed E-state index contributed by atoms with van der Waals surface area (Å²) in [6, 6.07) is 11.9. The van der Waals surface area contributed by atoms with E-state index < -0.39 is 0 Å². The van der Waals surface area contributed by atoms with Crippen molar-refractivity contribution in [2.24, 2.45) is 0 Å². The van der Waals surface area contributed by atoms with Crippen LogP contribution in [0.1, 0.15) is 29.7 Å². The molecular formula is C16H16ClNO2S. The number of thiophene rings is 1. The number of carbonyl (C=O) groups is 1. The fraction of sp³-hybridized carbons (Fsp3) is 0.312. The van der Waals surface area contributed by atoms with Gasteiger partial charge in [-0.25, -0.2) is 0 Å². The summed E-state index contributed by atoms with van der Waals surface area (Å²) in [6.45, 7) is 2.37. The van der Waals surface area contributed by atoms with E-state index in [-0.39, 0.29) is 24.5 Å². The third-order valence-corrected chi connectivity index (χ3v) is 4.80. The maximum atomic E-state index is 12.4. The highest BCUT2D eigenvalue weighted by Gasteiger charge is 2.30. The van der Waals surface area contributed by atoms with Crippen LogP contribution in [0.5, 0.6) is 0 Å². The zero-order chi connectivity index (χ0) is 14.8. The van der Waals surface area contributed by atoms with Crippen LogP contribution in [0.15, 0.2) is 36.4 Å². The monoisotopic (exact) mass is 321 g/mol. The maximum absolute atomic E-state index is 12.4. The summed E-state index contributed by atoms with van der Waals surface area (Å²) in [5.41, 5.74) is 2.04. The molecule has 21 heavy (non-hydrogen) atoms. The Bertz CT molecular complexity index is 655. The average molecular weight is 322 g/mol. The van der Waals surface area contributed by atoms with Gasteiger partial charge in [-0.3, -0.25) is 4.79 Å². The molecule has 0 spiro atoms. The zero-order valence-corrected chi connectivity index (χ0v) is 13.2. The molecule has 2 aromatic rings. The van der Waals surface area contributed by atoms with Crippen LogP contribution in [0.4, 0.5) is 5.69 Å². The first-order valence-corrected chi connectivity index (χ1v) is 8.09. The number of ether oxygens (including phenoxy) is 1. The van der Waals surface area contributed by atoms with E-state index in [1.165, 1.54) is 11.3 Å². The molecule has 0 saturated carbocycles. The Balaban J connectivity index is 1.72. The van der Waals surface area contributed by atoms with Crippen molar-refractivity contribution in [2.75, 3.05) is 5.32 Å². The lowest BCUT2D eigenvalue weighted by Gasteiger charge is -2.29. The van der Waals surface area contributed by atoms with Gasteiger partial charge in [-0.15, -0.1) is 11.3 Å². The Morgan fingerprint density at radius 2 is 2.19 bits per heavy atom. The van der Waals surface area contributed by atoms with Crippen molar-refractivity contribution in [1.82, 2.24) is 0 Å². The van der Waals surface area contributed by atoms with Crippen molar-refractivity contribution in [1.29, 1.82) is 0 Å². The highest BCUT2D eigenvalue weighted by Crippen LogP contribution is 2.35.